The number of hydrogen-bond donors (Lipinski definition) is 1. The third kappa shape index (κ3) is 6.29. The molecule has 0 aliphatic carbocycles. The maximum Gasteiger partial charge on any atom is 0.191 e. The summed E-state index contributed by atoms with van der Waals surface area (Å²) in [5, 5.41) is 0. The summed E-state index contributed by atoms with van der Waals surface area (Å²) in [5.74, 6) is 1.54. The normalized spacial score (nSPS) is 20.5. The number of rotatable bonds is 7. The van der Waals surface area contributed by atoms with Gasteiger partial charge in [-0.3, -0.25) is 4.99 Å². The average Bonchev–Trinajstić information content (AvgIpc) is 2.70. The predicted octanol–water partition coefficient (Wildman–Crippen LogP) is 2.37. The number of unbranched alkanes of at least 4 members (excludes halogenated alkanes) is 1. The molecule has 0 atom stereocenters. The van der Waals surface area contributed by atoms with E-state index in [9.17, 15) is 0 Å². The Labute approximate surface area is 158 Å². The zero-order chi connectivity index (χ0) is 18.0. The smallest absolute Gasteiger partial charge is 0.191 e. The maximum absolute atomic E-state index is 6.06. The lowest BCUT2D eigenvalue weighted by atomic mass is 9.90. The zero-order valence-electron chi connectivity index (χ0n) is 16.0. The molecule has 0 spiro atoms. The van der Waals surface area contributed by atoms with Gasteiger partial charge in [-0.15, -0.1) is 0 Å². The molecule has 0 bridgehead atoms. The predicted molar refractivity (Wildman–Crippen MR) is 107 cm³/mol. The number of nitrogens with two attached hydrogens (primary N) is 1. The first-order chi connectivity index (χ1) is 12.8. The molecular weight excluding hydrogens is 324 g/mol. The molecule has 0 unspecified atom stereocenters. The van der Waals surface area contributed by atoms with E-state index in [1.54, 1.807) is 0 Å². The number of ether oxygens (including phenoxy) is 1. The Balaban J connectivity index is 1.26. The van der Waals surface area contributed by atoms with Crippen LogP contribution in [0.1, 0.15) is 31.2 Å². The van der Waals surface area contributed by atoms with E-state index in [2.05, 4.69) is 45.1 Å². The lowest BCUT2D eigenvalue weighted by Gasteiger charge is -2.32. The second-order valence-electron chi connectivity index (χ2n) is 7.52. The molecule has 2 heterocycles. The third-order valence-electron chi connectivity index (χ3n) is 5.57. The van der Waals surface area contributed by atoms with Gasteiger partial charge in [-0.2, -0.15) is 0 Å². The maximum atomic E-state index is 6.06. The quantitative estimate of drug-likeness (QED) is 0.462. The van der Waals surface area contributed by atoms with Crippen LogP contribution in [0.25, 0.3) is 0 Å². The first-order valence-electron chi connectivity index (χ1n) is 10.2. The van der Waals surface area contributed by atoms with Gasteiger partial charge >= 0.3 is 0 Å². The first kappa shape index (κ1) is 19.2. The fraction of sp³-hybridized carbons (Fsp3) is 0.667. The Bertz CT molecular complexity index is 534. The fourth-order valence-corrected chi connectivity index (χ4v) is 3.89. The average molecular weight is 359 g/mol. The lowest BCUT2D eigenvalue weighted by molar-refractivity contribution is 0.0674. The molecule has 0 radical (unpaired) electrons. The van der Waals surface area contributed by atoms with E-state index in [4.69, 9.17) is 10.5 Å². The molecule has 144 valence electrons. The molecule has 1 aromatic carbocycles. The Morgan fingerprint density at radius 1 is 1.04 bits per heavy atom. The molecule has 0 saturated carbocycles. The van der Waals surface area contributed by atoms with Crippen LogP contribution in [0.15, 0.2) is 35.3 Å². The second-order valence-corrected chi connectivity index (χ2v) is 7.52. The molecule has 2 saturated heterocycles. The van der Waals surface area contributed by atoms with Crippen molar-refractivity contribution in [3.05, 3.63) is 35.9 Å². The molecule has 2 fully saturated rings. The monoisotopic (exact) mass is 358 g/mol. The van der Waals surface area contributed by atoms with E-state index in [1.807, 2.05) is 0 Å². The van der Waals surface area contributed by atoms with E-state index >= 15 is 0 Å². The Morgan fingerprint density at radius 3 is 2.50 bits per heavy atom. The molecule has 2 N–H and O–H groups in total. The van der Waals surface area contributed by atoms with Gasteiger partial charge < -0.3 is 20.3 Å². The fourth-order valence-electron chi connectivity index (χ4n) is 3.89. The van der Waals surface area contributed by atoms with Crippen LogP contribution in [0.5, 0.6) is 0 Å². The van der Waals surface area contributed by atoms with Crippen molar-refractivity contribution < 1.29 is 4.74 Å². The highest BCUT2D eigenvalue weighted by atomic mass is 16.5. The van der Waals surface area contributed by atoms with Crippen LogP contribution in [-0.2, 0) is 11.2 Å². The van der Waals surface area contributed by atoms with Gasteiger partial charge in [0, 0.05) is 19.6 Å². The summed E-state index contributed by atoms with van der Waals surface area (Å²) in [6.07, 6.45) is 6.23. The summed E-state index contributed by atoms with van der Waals surface area (Å²) in [5.41, 5.74) is 7.55. The van der Waals surface area contributed by atoms with E-state index in [0.717, 1.165) is 45.2 Å². The van der Waals surface area contributed by atoms with Crippen molar-refractivity contribution in [1.29, 1.82) is 0 Å². The van der Waals surface area contributed by atoms with Gasteiger partial charge in [0.1, 0.15) is 0 Å². The summed E-state index contributed by atoms with van der Waals surface area (Å²) < 4.78 is 5.34. The van der Waals surface area contributed by atoms with Gasteiger partial charge in [0.05, 0.1) is 13.2 Å². The Morgan fingerprint density at radius 2 is 1.77 bits per heavy atom. The van der Waals surface area contributed by atoms with Crippen LogP contribution < -0.4 is 5.73 Å². The first-order valence-corrected chi connectivity index (χ1v) is 10.2. The molecule has 5 nitrogen and oxygen atoms in total. The number of benzene rings is 1. The molecule has 3 rings (SSSR count). The van der Waals surface area contributed by atoms with Crippen molar-refractivity contribution in [3.8, 4) is 0 Å². The van der Waals surface area contributed by atoms with Gasteiger partial charge in [0.2, 0.25) is 0 Å². The van der Waals surface area contributed by atoms with E-state index < -0.39 is 0 Å². The minimum Gasteiger partial charge on any atom is -0.378 e. The van der Waals surface area contributed by atoms with Crippen molar-refractivity contribution in [2.45, 2.75) is 32.1 Å². The van der Waals surface area contributed by atoms with E-state index in [0.29, 0.717) is 5.96 Å². The van der Waals surface area contributed by atoms with Crippen LogP contribution in [0.2, 0.25) is 0 Å². The van der Waals surface area contributed by atoms with Crippen molar-refractivity contribution in [3.63, 3.8) is 0 Å². The largest absolute Gasteiger partial charge is 0.378 e. The molecular formula is C21H34N4O. The van der Waals surface area contributed by atoms with Crippen LogP contribution in [0.3, 0.4) is 0 Å². The number of nitrogens with zero attached hydrogens (tertiary/aromatic N) is 3. The zero-order valence-corrected chi connectivity index (χ0v) is 16.0. The van der Waals surface area contributed by atoms with Crippen molar-refractivity contribution in [1.82, 2.24) is 9.80 Å². The highest BCUT2D eigenvalue weighted by Gasteiger charge is 2.19. The highest BCUT2D eigenvalue weighted by Crippen LogP contribution is 2.21. The second kappa shape index (κ2) is 10.5. The summed E-state index contributed by atoms with van der Waals surface area (Å²) >= 11 is 0. The highest BCUT2D eigenvalue weighted by molar-refractivity contribution is 5.78. The van der Waals surface area contributed by atoms with Gasteiger partial charge in [0.15, 0.2) is 5.96 Å². The molecule has 0 amide bonds. The number of hydrogen-bond acceptors (Lipinski definition) is 3. The van der Waals surface area contributed by atoms with Crippen LogP contribution in [-0.4, -0.2) is 68.2 Å². The van der Waals surface area contributed by atoms with Crippen LogP contribution >= 0.6 is 0 Å². The third-order valence-corrected chi connectivity index (χ3v) is 5.57. The topological polar surface area (TPSA) is 54.1 Å². The van der Waals surface area contributed by atoms with Crippen LogP contribution in [0, 0.1) is 5.92 Å². The Hall–Kier alpha value is -1.59. The number of piperidine rings is 1. The molecule has 5 heteroatoms. The number of guanidine groups is 1. The Kier molecular flexibility index (Phi) is 7.77. The molecule has 2 aliphatic heterocycles. The van der Waals surface area contributed by atoms with Gasteiger partial charge in [0.25, 0.3) is 0 Å². The molecule has 1 aromatic rings. The van der Waals surface area contributed by atoms with Crippen molar-refractivity contribution in [2.24, 2.45) is 16.6 Å². The van der Waals surface area contributed by atoms with E-state index in [1.165, 1.54) is 50.9 Å². The van der Waals surface area contributed by atoms with Crippen molar-refractivity contribution >= 4 is 5.96 Å². The molecule has 26 heavy (non-hydrogen) atoms. The summed E-state index contributed by atoms with van der Waals surface area (Å²) in [7, 11) is 0. The number of likely N-dealkylation sites (tertiary alicyclic amines) is 1. The van der Waals surface area contributed by atoms with Crippen LogP contribution in [0.4, 0.5) is 0 Å². The van der Waals surface area contributed by atoms with Gasteiger partial charge in [-0.25, -0.2) is 0 Å². The summed E-state index contributed by atoms with van der Waals surface area (Å²) in [6, 6.07) is 10.9. The minimum absolute atomic E-state index is 0.690. The number of morpholine rings is 1. The molecule has 0 aromatic heterocycles. The van der Waals surface area contributed by atoms with Gasteiger partial charge in [-0.1, -0.05) is 30.3 Å². The summed E-state index contributed by atoms with van der Waals surface area (Å²) in [4.78, 5) is 9.28. The molecule has 2 aliphatic rings. The van der Waals surface area contributed by atoms with Crippen molar-refractivity contribution in [2.75, 3.05) is 52.5 Å². The SMILES string of the molecule is NC(=NCCCCN1CCC(Cc2ccccc2)CC1)N1CCOCC1. The minimum atomic E-state index is 0.690. The van der Waals surface area contributed by atoms with Gasteiger partial charge in [-0.05, 0) is 63.2 Å². The standard InChI is InChI=1S/C21H34N4O/c22-21(25-14-16-26-17-15-25)23-10-4-5-11-24-12-8-20(9-13-24)18-19-6-2-1-3-7-19/h1-3,6-7,20H,4-5,8-18H2,(H2,22,23). The van der Waals surface area contributed by atoms with E-state index in [-0.39, 0.29) is 0 Å². The summed E-state index contributed by atoms with van der Waals surface area (Å²) in [6.45, 7) is 7.79. The lowest BCUT2D eigenvalue weighted by Crippen LogP contribution is -2.44. The number of aliphatic imine (C=N–C) groups is 1.